The molecule has 1 aliphatic heterocycles. The molecule has 1 fully saturated rings. The summed E-state index contributed by atoms with van der Waals surface area (Å²) in [5.41, 5.74) is 4.35. The zero-order chi connectivity index (χ0) is 20.5. The Bertz CT molecular complexity index is 967. The molecule has 152 valence electrons. The van der Waals surface area contributed by atoms with E-state index in [4.69, 9.17) is 4.74 Å². The molecule has 1 aliphatic carbocycles. The maximum Gasteiger partial charge on any atom is 0.256 e. The summed E-state index contributed by atoms with van der Waals surface area (Å²) in [6.45, 7) is 4.54. The van der Waals surface area contributed by atoms with Gasteiger partial charge in [0, 0.05) is 30.0 Å². The molecule has 2 aromatic rings. The third-order valence-electron chi connectivity index (χ3n) is 5.84. The number of aromatic nitrogens is 2. The Balaban J connectivity index is 1.53. The van der Waals surface area contributed by atoms with Crippen LogP contribution in [0.4, 0.5) is 0 Å². The molecule has 7 nitrogen and oxygen atoms in total. The molecule has 0 bridgehead atoms. The molecule has 0 unspecified atom stereocenters. The van der Waals surface area contributed by atoms with Crippen LogP contribution in [0.5, 0.6) is 5.88 Å². The standard InChI is InChI=1S/C22H26N4O3/c1-13-8-14(2)23-11-18(13)20(27)24-10-15-9-17-19(25-21(15)29-3)12-26(22(17)28)16-6-4-5-7-16/h8-9,11,16H,4-7,10,12H2,1-3H3,(H,24,27). The minimum absolute atomic E-state index is 0.0354. The lowest BCUT2D eigenvalue weighted by atomic mass is 10.1. The molecular formula is C22H26N4O3. The predicted molar refractivity (Wildman–Crippen MR) is 108 cm³/mol. The first-order valence-corrected chi connectivity index (χ1v) is 10.1. The first-order chi connectivity index (χ1) is 14.0. The van der Waals surface area contributed by atoms with Gasteiger partial charge in [0.2, 0.25) is 5.88 Å². The van der Waals surface area contributed by atoms with Crippen molar-refractivity contribution in [2.75, 3.05) is 7.11 Å². The van der Waals surface area contributed by atoms with E-state index in [1.165, 1.54) is 12.8 Å². The van der Waals surface area contributed by atoms with Gasteiger partial charge >= 0.3 is 0 Å². The van der Waals surface area contributed by atoms with Gasteiger partial charge in [-0.25, -0.2) is 4.98 Å². The second-order valence-electron chi connectivity index (χ2n) is 7.85. The van der Waals surface area contributed by atoms with Crippen LogP contribution in [0.25, 0.3) is 0 Å². The van der Waals surface area contributed by atoms with Crippen LogP contribution < -0.4 is 10.1 Å². The fourth-order valence-electron chi connectivity index (χ4n) is 4.29. The largest absolute Gasteiger partial charge is 0.481 e. The van der Waals surface area contributed by atoms with E-state index in [2.05, 4.69) is 15.3 Å². The van der Waals surface area contributed by atoms with Gasteiger partial charge in [0.15, 0.2) is 0 Å². The molecule has 7 heteroatoms. The Morgan fingerprint density at radius 1 is 1.28 bits per heavy atom. The van der Waals surface area contributed by atoms with Crippen molar-refractivity contribution in [1.82, 2.24) is 20.2 Å². The molecule has 2 amide bonds. The Labute approximate surface area is 170 Å². The topological polar surface area (TPSA) is 84.4 Å². The fourth-order valence-corrected chi connectivity index (χ4v) is 4.29. The number of nitrogens with one attached hydrogen (secondary N) is 1. The number of amides is 2. The van der Waals surface area contributed by atoms with E-state index in [0.717, 1.165) is 29.8 Å². The highest BCUT2D eigenvalue weighted by Gasteiger charge is 2.35. The average molecular weight is 394 g/mol. The normalized spacial score (nSPS) is 16.2. The lowest BCUT2D eigenvalue weighted by molar-refractivity contribution is 0.0706. The summed E-state index contributed by atoms with van der Waals surface area (Å²) < 4.78 is 5.44. The molecule has 29 heavy (non-hydrogen) atoms. The molecule has 0 aromatic carbocycles. The minimum atomic E-state index is -0.212. The number of nitrogens with zero attached hydrogens (tertiary/aromatic N) is 3. The maximum absolute atomic E-state index is 12.9. The van der Waals surface area contributed by atoms with Crippen LogP contribution in [0, 0.1) is 13.8 Å². The number of rotatable bonds is 5. The Kier molecular flexibility index (Phi) is 5.22. The monoisotopic (exact) mass is 394 g/mol. The highest BCUT2D eigenvalue weighted by molar-refractivity contribution is 5.98. The van der Waals surface area contributed by atoms with Gasteiger partial charge in [-0.3, -0.25) is 14.6 Å². The molecule has 3 heterocycles. The zero-order valence-electron chi connectivity index (χ0n) is 17.1. The van der Waals surface area contributed by atoms with Gasteiger partial charge in [0.05, 0.1) is 30.5 Å². The van der Waals surface area contributed by atoms with E-state index in [1.807, 2.05) is 30.9 Å². The van der Waals surface area contributed by atoms with Crippen molar-refractivity contribution in [1.29, 1.82) is 0 Å². The van der Waals surface area contributed by atoms with Crippen LogP contribution in [-0.2, 0) is 13.1 Å². The van der Waals surface area contributed by atoms with Crippen molar-refractivity contribution in [3.8, 4) is 5.88 Å². The Hall–Kier alpha value is -2.96. The first-order valence-electron chi connectivity index (χ1n) is 10.1. The number of carbonyl (C=O) groups is 2. The molecule has 1 N–H and O–H groups in total. The molecule has 0 saturated heterocycles. The van der Waals surface area contributed by atoms with Gasteiger partial charge < -0.3 is 15.0 Å². The molecule has 0 atom stereocenters. The first kappa shape index (κ1) is 19.4. The summed E-state index contributed by atoms with van der Waals surface area (Å²) in [6, 6.07) is 4.00. The third kappa shape index (κ3) is 3.69. The average Bonchev–Trinajstić information content (AvgIpc) is 3.33. The highest BCUT2D eigenvalue weighted by atomic mass is 16.5. The van der Waals surface area contributed by atoms with Crippen LogP contribution in [0.3, 0.4) is 0 Å². The molecule has 4 rings (SSSR count). The van der Waals surface area contributed by atoms with Gasteiger partial charge in [-0.05, 0) is 44.4 Å². The number of fused-ring (bicyclic) bond motifs is 1. The molecule has 0 spiro atoms. The Morgan fingerprint density at radius 3 is 2.72 bits per heavy atom. The maximum atomic E-state index is 12.9. The van der Waals surface area contributed by atoms with Gasteiger partial charge in [0.25, 0.3) is 11.8 Å². The third-order valence-corrected chi connectivity index (χ3v) is 5.84. The molecule has 0 radical (unpaired) electrons. The van der Waals surface area contributed by atoms with E-state index < -0.39 is 0 Å². The van der Waals surface area contributed by atoms with E-state index >= 15 is 0 Å². The van der Waals surface area contributed by atoms with E-state index in [9.17, 15) is 9.59 Å². The van der Waals surface area contributed by atoms with E-state index in [0.29, 0.717) is 35.2 Å². The van der Waals surface area contributed by atoms with Crippen molar-refractivity contribution in [3.63, 3.8) is 0 Å². The smallest absolute Gasteiger partial charge is 0.256 e. The fraction of sp³-hybridized carbons (Fsp3) is 0.455. The lowest BCUT2D eigenvalue weighted by Crippen LogP contribution is -2.33. The summed E-state index contributed by atoms with van der Waals surface area (Å²) in [7, 11) is 1.56. The van der Waals surface area contributed by atoms with Crippen molar-refractivity contribution in [3.05, 3.63) is 52.0 Å². The summed E-state index contributed by atoms with van der Waals surface area (Å²) in [5.74, 6) is 0.272. The van der Waals surface area contributed by atoms with Crippen LogP contribution in [-0.4, -0.2) is 39.8 Å². The molecule has 1 saturated carbocycles. The lowest BCUT2D eigenvalue weighted by Gasteiger charge is -2.22. The van der Waals surface area contributed by atoms with E-state index in [-0.39, 0.29) is 18.4 Å². The number of carbonyl (C=O) groups excluding carboxylic acids is 2. The van der Waals surface area contributed by atoms with Crippen molar-refractivity contribution in [2.45, 2.75) is 58.7 Å². The highest BCUT2D eigenvalue weighted by Crippen LogP contribution is 2.33. The second kappa shape index (κ2) is 7.81. The number of hydrogen-bond acceptors (Lipinski definition) is 5. The number of methoxy groups -OCH3 is 1. The predicted octanol–water partition coefficient (Wildman–Crippen LogP) is 2.93. The van der Waals surface area contributed by atoms with Gasteiger partial charge in [-0.15, -0.1) is 0 Å². The molecule has 2 aromatic heterocycles. The SMILES string of the molecule is COc1nc2c(cc1CNC(=O)c1cnc(C)cc1C)C(=O)N(C1CCCC1)C2. The van der Waals surface area contributed by atoms with Crippen molar-refractivity contribution in [2.24, 2.45) is 0 Å². The summed E-state index contributed by atoms with van der Waals surface area (Å²) in [4.78, 5) is 36.2. The molecular weight excluding hydrogens is 368 g/mol. The van der Waals surface area contributed by atoms with Gasteiger partial charge in [-0.1, -0.05) is 12.8 Å². The number of aryl methyl sites for hydroxylation is 2. The number of pyridine rings is 2. The summed E-state index contributed by atoms with van der Waals surface area (Å²) in [5, 5.41) is 2.90. The molecule has 2 aliphatic rings. The van der Waals surface area contributed by atoms with E-state index in [1.54, 1.807) is 13.3 Å². The quantitative estimate of drug-likeness (QED) is 0.843. The van der Waals surface area contributed by atoms with Crippen molar-refractivity contribution < 1.29 is 14.3 Å². The van der Waals surface area contributed by atoms with Crippen molar-refractivity contribution >= 4 is 11.8 Å². The van der Waals surface area contributed by atoms with Crippen LogP contribution in [0.1, 0.15) is 68.9 Å². The van der Waals surface area contributed by atoms with Gasteiger partial charge in [-0.2, -0.15) is 0 Å². The Morgan fingerprint density at radius 2 is 2.03 bits per heavy atom. The van der Waals surface area contributed by atoms with Crippen LogP contribution >= 0.6 is 0 Å². The number of hydrogen-bond donors (Lipinski definition) is 1. The van der Waals surface area contributed by atoms with Crippen LogP contribution in [0.15, 0.2) is 18.3 Å². The van der Waals surface area contributed by atoms with Crippen LogP contribution in [0.2, 0.25) is 0 Å². The second-order valence-corrected chi connectivity index (χ2v) is 7.85. The summed E-state index contributed by atoms with van der Waals surface area (Å²) in [6.07, 6.45) is 6.05. The zero-order valence-corrected chi connectivity index (χ0v) is 17.1. The summed E-state index contributed by atoms with van der Waals surface area (Å²) >= 11 is 0. The number of ether oxygens (including phenoxy) is 1. The minimum Gasteiger partial charge on any atom is -0.481 e. The van der Waals surface area contributed by atoms with Gasteiger partial charge in [0.1, 0.15) is 0 Å².